The van der Waals surface area contributed by atoms with E-state index in [0.29, 0.717) is 19.6 Å². The Kier molecular flexibility index (Phi) is 6.10. The third kappa shape index (κ3) is 5.36. The van der Waals surface area contributed by atoms with Gasteiger partial charge in [-0.1, -0.05) is 12.1 Å². The van der Waals surface area contributed by atoms with Gasteiger partial charge in [-0.3, -0.25) is 4.79 Å². The van der Waals surface area contributed by atoms with Gasteiger partial charge in [0.15, 0.2) is 0 Å². The first-order valence-electron chi connectivity index (χ1n) is 5.75. The zero-order chi connectivity index (χ0) is 12.5. The first-order chi connectivity index (χ1) is 8.26. The van der Waals surface area contributed by atoms with E-state index in [0.717, 1.165) is 17.9 Å². The highest BCUT2D eigenvalue weighted by molar-refractivity contribution is 5.69. The predicted octanol–water partition coefficient (Wildman–Crippen LogP) is 1.74. The monoisotopic (exact) mass is 237 g/mol. The lowest BCUT2D eigenvalue weighted by molar-refractivity contribution is -0.142. The third-order valence-corrected chi connectivity index (χ3v) is 2.27. The number of carbonyl (C=O) groups is 1. The fraction of sp³-hybridized carbons (Fsp3) is 0.462. The molecule has 1 rings (SSSR count). The number of benzene rings is 1. The van der Waals surface area contributed by atoms with Crippen molar-refractivity contribution in [3.05, 3.63) is 29.8 Å². The van der Waals surface area contributed by atoms with Crippen LogP contribution in [0.4, 0.5) is 0 Å². The molecule has 0 atom stereocenters. The zero-order valence-corrected chi connectivity index (χ0v) is 10.4. The van der Waals surface area contributed by atoms with Crippen LogP contribution in [0.15, 0.2) is 24.3 Å². The smallest absolute Gasteiger partial charge is 0.307 e. The van der Waals surface area contributed by atoms with Crippen molar-refractivity contribution in [1.29, 1.82) is 0 Å². The maximum absolute atomic E-state index is 11.1. The molecule has 0 spiro atoms. The van der Waals surface area contributed by atoms with Crippen molar-refractivity contribution in [2.75, 3.05) is 20.3 Å². The molecule has 94 valence electrons. The van der Waals surface area contributed by atoms with Crippen LogP contribution in [-0.2, 0) is 16.1 Å². The highest BCUT2D eigenvalue weighted by atomic mass is 16.5. The van der Waals surface area contributed by atoms with Gasteiger partial charge >= 0.3 is 5.97 Å². The molecule has 17 heavy (non-hydrogen) atoms. The zero-order valence-electron chi connectivity index (χ0n) is 10.4. The van der Waals surface area contributed by atoms with Crippen LogP contribution in [0.1, 0.15) is 18.9 Å². The van der Waals surface area contributed by atoms with Crippen molar-refractivity contribution in [3.63, 3.8) is 0 Å². The number of esters is 1. The van der Waals surface area contributed by atoms with Crippen LogP contribution in [0.2, 0.25) is 0 Å². The number of methoxy groups -OCH3 is 1. The molecule has 0 aliphatic rings. The molecule has 0 aromatic heterocycles. The minimum atomic E-state index is -0.161. The van der Waals surface area contributed by atoms with Crippen LogP contribution in [0, 0.1) is 0 Å². The Morgan fingerprint density at radius 1 is 1.41 bits per heavy atom. The van der Waals surface area contributed by atoms with Gasteiger partial charge in [-0.05, 0) is 24.6 Å². The molecule has 4 nitrogen and oxygen atoms in total. The normalized spacial score (nSPS) is 10.0. The maximum Gasteiger partial charge on any atom is 0.307 e. The number of hydrogen-bond donors (Lipinski definition) is 1. The van der Waals surface area contributed by atoms with Gasteiger partial charge in [0.05, 0.1) is 20.1 Å². The third-order valence-electron chi connectivity index (χ3n) is 2.27. The lowest BCUT2D eigenvalue weighted by atomic mass is 10.2. The van der Waals surface area contributed by atoms with E-state index in [4.69, 9.17) is 9.47 Å². The molecule has 0 saturated carbocycles. The Bertz CT molecular complexity index is 352. The molecule has 0 aliphatic heterocycles. The quantitative estimate of drug-likeness (QED) is 0.579. The lowest BCUT2D eigenvalue weighted by Crippen LogP contribution is -2.19. The van der Waals surface area contributed by atoms with Gasteiger partial charge < -0.3 is 14.8 Å². The summed E-state index contributed by atoms with van der Waals surface area (Å²) in [6, 6.07) is 7.83. The van der Waals surface area contributed by atoms with E-state index in [1.54, 1.807) is 7.11 Å². The average molecular weight is 237 g/mol. The van der Waals surface area contributed by atoms with Gasteiger partial charge in [0.1, 0.15) is 5.75 Å². The Hall–Kier alpha value is -1.55. The van der Waals surface area contributed by atoms with E-state index in [9.17, 15) is 4.79 Å². The van der Waals surface area contributed by atoms with Gasteiger partial charge in [0, 0.05) is 13.1 Å². The van der Waals surface area contributed by atoms with E-state index < -0.39 is 0 Å². The summed E-state index contributed by atoms with van der Waals surface area (Å²) in [5, 5.41) is 3.19. The van der Waals surface area contributed by atoms with Crippen LogP contribution in [0.5, 0.6) is 5.75 Å². The largest absolute Gasteiger partial charge is 0.497 e. The standard InChI is InChI=1S/C13H19NO3/c1-3-17-13(15)7-8-14-10-11-5-4-6-12(9-11)16-2/h4-6,9,14H,3,7-8,10H2,1-2H3. The molecule has 4 heteroatoms. The van der Waals surface area contributed by atoms with Crippen LogP contribution in [0.25, 0.3) is 0 Å². The van der Waals surface area contributed by atoms with Crippen molar-refractivity contribution >= 4 is 5.97 Å². The summed E-state index contributed by atoms with van der Waals surface area (Å²) in [5.41, 5.74) is 1.13. The maximum atomic E-state index is 11.1. The van der Waals surface area contributed by atoms with E-state index >= 15 is 0 Å². The van der Waals surface area contributed by atoms with Crippen molar-refractivity contribution in [2.45, 2.75) is 19.9 Å². The molecule has 1 N–H and O–H groups in total. The second-order valence-corrected chi connectivity index (χ2v) is 3.58. The Morgan fingerprint density at radius 3 is 2.94 bits per heavy atom. The number of carbonyl (C=O) groups excluding carboxylic acids is 1. The summed E-state index contributed by atoms with van der Waals surface area (Å²) in [7, 11) is 1.65. The minimum Gasteiger partial charge on any atom is -0.497 e. The van der Waals surface area contributed by atoms with Crippen LogP contribution < -0.4 is 10.1 Å². The number of nitrogens with one attached hydrogen (secondary N) is 1. The van der Waals surface area contributed by atoms with Gasteiger partial charge in [-0.25, -0.2) is 0 Å². The van der Waals surface area contributed by atoms with Gasteiger partial charge in [-0.2, -0.15) is 0 Å². The SMILES string of the molecule is CCOC(=O)CCNCc1cccc(OC)c1. The van der Waals surface area contributed by atoms with E-state index in [-0.39, 0.29) is 5.97 Å². The molecule has 0 radical (unpaired) electrons. The highest BCUT2D eigenvalue weighted by Gasteiger charge is 2.00. The summed E-state index contributed by atoms with van der Waals surface area (Å²) in [5.74, 6) is 0.681. The molecule has 1 aromatic carbocycles. The lowest BCUT2D eigenvalue weighted by Gasteiger charge is -2.06. The highest BCUT2D eigenvalue weighted by Crippen LogP contribution is 2.11. The fourth-order valence-corrected chi connectivity index (χ4v) is 1.44. The van der Waals surface area contributed by atoms with Crippen molar-refractivity contribution in [2.24, 2.45) is 0 Å². The van der Waals surface area contributed by atoms with Crippen molar-refractivity contribution in [1.82, 2.24) is 5.32 Å². The summed E-state index contributed by atoms with van der Waals surface area (Å²) in [4.78, 5) is 11.1. The molecule has 0 fully saturated rings. The van der Waals surface area contributed by atoms with Crippen LogP contribution in [0.3, 0.4) is 0 Å². The second-order valence-electron chi connectivity index (χ2n) is 3.58. The van der Waals surface area contributed by atoms with E-state index in [1.807, 2.05) is 31.2 Å². The van der Waals surface area contributed by atoms with Gasteiger partial charge in [-0.15, -0.1) is 0 Å². The number of ether oxygens (including phenoxy) is 2. The van der Waals surface area contributed by atoms with E-state index in [1.165, 1.54) is 0 Å². The van der Waals surface area contributed by atoms with Crippen LogP contribution in [-0.4, -0.2) is 26.2 Å². The first kappa shape index (κ1) is 13.5. The van der Waals surface area contributed by atoms with Gasteiger partial charge in [0.2, 0.25) is 0 Å². The van der Waals surface area contributed by atoms with Gasteiger partial charge in [0.25, 0.3) is 0 Å². The summed E-state index contributed by atoms with van der Waals surface area (Å²) >= 11 is 0. The molecular formula is C13H19NO3. The molecule has 1 aromatic rings. The Morgan fingerprint density at radius 2 is 2.24 bits per heavy atom. The summed E-state index contributed by atoms with van der Waals surface area (Å²) in [6.45, 7) is 3.59. The van der Waals surface area contributed by atoms with E-state index in [2.05, 4.69) is 5.32 Å². The molecule has 0 amide bonds. The minimum absolute atomic E-state index is 0.161. The predicted molar refractivity (Wildman–Crippen MR) is 66.0 cm³/mol. The number of hydrogen-bond acceptors (Lipinski definition) is 4. The Balaban J connectivity index is 2.24. The fourth-order valence-electron chi connectivity index (χ4n) is 1.44. The topological polar surface area (TPSA) is 47.6 Å². The first-order valence-corrected chi connectivity index (χ1v) is 5.75. The molecule has 0 heterocycles. The summed E-state index contributed by atoms with van der Waals surface area (Å²) < 4.78 is 9.96. The number of rotatable bonds is 7. The van der Waals surface area contributed by atoms with Crippen molar-refractivity contribution < 1.29 is 14.3 Å². The summed E-state index contributed by atoms with van der Waals surface area (Å²) in [6.07, 6.45) is 0.401. The molecule has 0 aliphatic carbocycles. The van der Waals surface area contributed by atoms with Crippen molar-refractivity contribution in [3.8, 4) is 5.75 Å². The molecule has 0 bridgehead atoms. The second kappa shape index (κ2) is 7.68. The molecule has 0 saturated heterocycles. The molecular weight excluding hydrogens is 218 g/mol. The van der Waals surface area contributed by atoms with Crippen LogP contribution >= 0.6 is 0 Å². The molecule has 0 unspecified atom stereocenters. The Labute approximate surface area is 102 Å². The average Bonchev–Trinajstić information content (AvgIpc) is 2.35.